The molecule has 0 spiro atoms. The minimum Gasteiger partial charge on any atom is -0.351 e. The predicted octanol–water partition coefficient (Wildman–Crippen LogP) is 5.28. The van der Waals surface area contributed by atoms with Gasteiger partial charge in [-0.25, -0.2) is 13.9 Å². The first-order valence-corrected chi connectivity index (χ1v) is 11.3. The van der Waals surface area contributed by atoms with E-state index in [1.54, 1.807) is 10.9 Å². The van der Waals surface area contributed by atoms with E-state index in [0.717, 1.165) is 28.4 Å². The normalized spacial score (nSPS) is 12.3. The summed E-state index contributed by atoms with van der Waals surface area (Å²) in [6.07, 6.45) is -3.70. The van der Waals surface area contributed by atoms with E-state index in [4.69, 9.17) is 0 Å². The highest BCUT2D eigenvalue weighted by Gasteiger charge is 2.60. The largest absolute Gasteiger partial charge is 0.459 e. The number of nitrogens with zero attached hydrogens (tertiary/aromatic N) is 5. The minimum atomic E-state index is -5.93. The third-order valence-electron chi connectivity index (χ3n) is 5.21. The van der Waals surface area contributed by atoms with Crippen molar-refractivity contribution < 1.29 is 31.1 Å². The third kappa shape index (κ3) is 5.08. The Morgan fingerprint density at radius 3 is 2.39 bits per heavy atom. The van der Waals surface area contributed by atoms with Gasteiger partial charge >= 0.3 is 12.1 Å². The molecule has 7 nitrogen and oxygen atoms in total. The highest BCUT2D eigenvalue weighted by molar-refractivity contribution is 9.10. The van der Waals surface area contributed by atoms with Crippen molar-refractivity contribution in [3.8, 4) is 11.3 Å². The zero-order chi connectivity index (χ0) is 26.3. The van der Waals surface area contributed by atoms with Gasteiger partial charge < -0.3 is 5.32 Å². The van der Waals surface area contributed by atoms with Crippen molar-refractivity contribution in [1.82, 2.24) is 29.7 Å². The molecule has 3 aromatic heterocycles. The molecule has 0 bridgehead atoms. The lowest BCUT2D eigenvalue weighted by atomic mass is 10.1. The van der Waals surface area contributed by atoms with Gasteiger partial charge in [0.25, 0.3) is 5.91 Å². The summed E-state index contributed by atoms with van der Waals surface area (Å²) >= 11 is 3.34. The van der Waals surface area contributed by atoms with Crippen LogP contribution in [0.1, 0.15) is 28.3 Å². The molecule has 1 aromatic carbocycles. The number of carbonyl (C=O) groups is 1. The Balaban J connectivity index is 1.62. The van der Waals surface area contributed by atoms with E-state index < -0.39 is 40.9 Å². The van der Waals surface area contributed by atoms with E-state index in [0.29, 0.717) is 23.5 Å². The number of carbonyl (C=O) groups excluding carboxylic acids is 1. The van der Waals surface area contributed by atoms with Gasteiger partial charge in [0.15, 0.2) is 11.3 Å². The maximum absolute atomic E-state index is 14.4. The van der Waals surface area contributed by atoms with Crippen LogP contribution in [0.25, 0.3) is 16.9 Å². The maximum atomic E-state index is 14.4. The molecule has 3 heterocycles. The summed E-state index contributed by atoms with van der Waals surface area (Å²) in [6, 6.07) is 5.93. The molecular weight excluding hydrogens is 558 g/mol. The molecule has 0 saturated heterocycles. The summed E-state index contributed by atoms with van der Waals surface area (Å²) in [5, 5.41) is 10.5. The van der Waals surface area contributed by atoms with Gasteiger partial charge in [-0.3, -0.25) is 9.48 Å². The number of benzene rings is 1. The van der Waals surface area contributed by atoms with Crippen molar-refractivity contribution in [2.75, 3.05) is 6.54 Å². The van der Waals surface area contributed by atoms with E-state index in [1.165, 1.54) is 12.1 Å². The summed E-state index contributed by atoms with van der Waals surface area (Å²) in [5.74, 6) is -6.71. The van der Waals surface area contributed by atoms with Crippen LogP contribution < -0.4 is 5.32 Å². The molecule has 0 aliphatic rings. The van der Waals surface area contributed by atoms with Crippen molar-refractivity contribution in [2.45, 2.75) is 32.0 Å². The first-order chi connectivity index (χ1) is 16.9. The maximum Gasteiger partial charge on any atom is 0.459 e. The SMILES string of the molecule is Cc1nn(CCCNC(=O)c2cc3nc(-c4ccc(F)cc4)cc(C(F)(F)C(F)(F)F)n3n2)cc1Br. The Morgan fingerprint density at radius 2 is 1.78 bits per heavy atom. The fraction of sp³-hybridized carbons (Fsp3) is 0.273. The van der Waals surface area contributed by atoms with Crippen LogP contribution in [0.15, 0.2) is 47.1 Å². The van der Waals surface area contributed by atoms with Crippen molar-refractivity contribution >= 4 is 27.5 Å². The van der Waals surface area contributed by atoms with E-state index in [9.17, 15) is 31.1 Å². The Labute approximate surface area is 208 Å². The van der Waals surface area contributed by atoms with E-state index in [1.807, 2.05) is 6.92 Å². The highest BCUT2D eigenvalue weighted by atomic mass is 79.9. The standard InChI is InChI=1S/C22H17BrF6N6O/c1-12-15(23)11-34(32-12)8-2-7-30-20(36)17-10-19-31-16(13-3-5-14(24)6-4-13)9-18(35(19)33-17)21(25,26)22(27,28)29/h3-6,9-11H,2,7-8H2,1H3,(H,30,36). The molecular formula is C22H17BrF6N6O. The van der Waals surface area contributed by atoms with Gasteiger partial charge in [-0.1, -0.05) is 0 Å². The number of aryl methyl sites for hydroxylation is 2. The number of halogens is 7. The van der Waals surface area contributed by atoms with Crippen LogP contribution in [0.5, 0.6) is 0 Å². The Kier molecular flexibility index (Phi) is 6.82. The lowest BCUT2D eigenvalue weighted by Crippen LogP contribution is -2.36. The second-order valence-electron chi connectivity index (χ2n) is 7.84. The fourth-order valence-electron chi connectivity index (χ4n) is 3.36. The molecule has 0 fully saturated rings. The van der Waals surface area contributed by atoms with Gasteiger partial charge in [0.1, 0.15) is 11.5 Å². The van der Waals surface area contributed by atoms with Crippen molar-refractivity contribution in [2.24, 2.45) is 0 Å². The molecule has 0 saturated carbocycles. The molecule has 190 valence electrons. The summed E-state index contributed by atoms with van der Waals surface area (Å²) < 4.78 is 84.5. The zero-order valence-electron chi connectivity index (χ0n) is 18.5. The number of hydrogen-bond acceptors (Lipinski definition) is 4. The third-order valence-corrected chi connectivity index (χ3v) is 5.99. The van der Waals surface area contributed by atoms with Crippen LogP contribution in [-0.2, 0) is 12.5 Å². The number of aromatic nitrogens is 5. The lowest BCUT2D eigenvalue weighted by Gasteiger charge is -2.21. The van der Waals surface area contributed by atoms with Gasteiger partial charge in [0.05, 0.1) is 15.9 Å². The Bertz CT molecular complexity index is 1390. The van der Waals surface area contributed by atoms with Crippen molar-refractivity contribution in [3.63, 3.8) is 0 Å². The van der Waals surface area contributed by atoms with Gasteiger partial charge in [0.2, 0.25) is 0 Å². The van der Waals surface area contributed by atoms with Gasteiger partial charge in [-0.2, -0.15) is 32.1 Å². The Morgan fingerprint density at radius 1 is 1.08 bits per heavy atom. The van der Waals surface area contributed by atoms with E-state index in [-0.39, 0.29) is 17.8 Å². The fourth-order valence-corrected chi connectivity index (χ4v) is 3.68. The average molecular weight is 575 g/mol. The predicted molar refractivity (Wildman–Crippen MR) is 120 cm³/mol. The molecule has 4 rings (SSSR count). The van der Waals surface area contributed by atoms with Crippen LogP contribution in [0.3, 0.4) is 0 Å². The van der Waals surface area contributed by atoms with Crippen LogP contribution >= 0.6 is 15.9 Å². The smallest absolute Gasteiger partial charge is 0.351 e. The Hall–Kier alpha value is -3.42. The summed E-state index contributed by atoms with van der Waals surface area (Å²) in [7, 11) is 0. The second kappa shape index (κ2) is 9.56. The highest BCUT2D eigenvalue weighted by Crippen LogP contribution is 2.44. The number of rotatable bonds is 7. The molecule has 1 N–H and O–H groups in total. The number of amides is 1. The molecule has 4 aromatic rings. The van der Waals surface area contributed by atoms with Gasteiger partial charge in [-0.15, -0.1) is 0 Å². The van der Waals surface area contributed by atoms with Crippen LogP contribution in [0.4, 0.5) is 26.3 Å². The quantitative estimate of drug-likeness (QED) is 0.241. The average Bonchev–Trinajstić information content (AvgIpc) is 3.38. The first-order valence-electron chi connectivity index (χ1n) is 10.5. The number of nitrogens with one attached hydrogen (secondary N) is 1. The number of hydrogen-bond donors (Lipinski definition) is 1. The van der Waals surface area contributed by atoms with Gasteiger partial charge in [0, 0.05) is 30.9 Å². The minimum absolute atomic E-state index is 0.103. The molecule has 0 aliphatic carbocycles. The topological polar surface area (TPSA) is 77.1 Å². The molecule has 0 aliphatic heterocycles. The summed E-state index contributed by atoms with van der Waals surface area (Å²) in [4.78, 5) is 16.6. The molecule has 0 atom stereocenters. The number of alkyl halides is 5. The molecule has 1 amide bonds. The monoisotopic (exact) mass is 574 g/mol. The molecule has 14 heteroatoms. The van der Waals surface area contributed by atoms with Crippen LogP contribution in [-0.4, -0.2) is 43.0 Å². The van der Waals surface area contributed by atoms with Crippen molar-refractivity contribution in [3.05, 3.63) is 70.0 Å². The number of fused-ring (bicyclic) bond motifs is 1. The van der Waals surface area contributed by atoms with E-state index in [2.05, 4.69) is 36.4 Å². The van der Waals surface area contributed by atoms with E-state index >= 15 is 0 Å². The van der Waals surface area contributed by atoms with Crippen LogP contribution in [0.2, 0.25) is 0 Å². The van der Waals surface area contributed by atoms with Crippen molar-refractivity contribution in [1.29, 1.82) is 0 Å². The van der Waals surface area contributed by atoms with Crippen LogP contribution in [0, 0.1) is 12.7 Å². The first kappa shape index (κ1) is 25.7. The summed E-state index contributed by atoms with van der Waals surface area (Å²) in [6.45, 7) is 2.46. The second-order valence-corrected chi connectivity index (χ2v) is 8.69. The molecule has 36 heavy (non-hydrogen) atoms. The van der Waals surface area contributed by atoms with Gasteiger partial charge in [-0.05, 0) is 59.6 Å². The molecule has 0 radical (unpaired) electrons. The zero-order valence-corrected chi connectivity index (χ0v) is 20.0. The molecule has 0 unspecified atom stereocenters. The lowest BCUT2D eigenvalue weighted by molar-refractivity contribution is -0.291. The summed E-state index contributed by atoms with van der Waals surface area (Å²) in [5.41, 5.74) is -1.70.